The van der Waals surface area contributed by atoms with E-state index in [0.717, 1.165) is 38.9 Å². The van der Waals surface area contributed by atoms with Crippen molar-refractivity contribution in [2.24, 2.45) is 0 Å². The second-order valence-electron chi connectivity index (χ2n) is 6.99. The van der Waals surface area contributed by atoms with Gasteiger partial charge in [-0.05, 0) is 31.7 Å². The van der Waals surface area contributed by atoms with E-state index in [-0.39, 0.29) is 17.7 Å². The first-order chi connectivity index (χ1) is 11.1. The lowest BCUT2D eigenvalue weighted by Gasteiger charge is -2.39. The average Bonchev–Trinajstić information content (AvgIpc) is 3.16. The molecule has 0 radical (unpaired) electrons. The number of amides is 2. The zero-order valence-electron chi connectivity index (χ0n) is 14.1. The standard InChI is InChI=1S/C17H27N3O3/c1-19(2)16(21)18-10-15-4-3-6-17(23-15)7-8-20(13-17)11-14-5-9-22-12-14/h5,9,12,15H,3-4,6-8,10-11,13H2,1-2H3,(H,18,21)/t15-,17-/m1/s1. The summed E-state index contributed by atoms with van der Waals surface area (Å²) in [7, 11) is 3.51. The Morgan fingerprint density at radius 3 is 3.09 bits per heavy atom. The zero-order chi connectivity index (χ0) is 16.3. The molecule has 2 aliphatic rings. The summed E-state index contributed by atoms with van der Waals surface area (Å²) in [4.78, 5) is 15.7. The second-order valence-corrected chi connectivity index (χ2v) is 6.99. The minimum Gasteiger partial charge on any atom is -0.472 e. The Kier molecular flexibility index (Phi) is 4.92. The number of nitrogens with one attached hydrogen (secondary N) is 1. The van der Waals surface area contributed by atoms with Crippen LogP contribution in [0.2, 0.25) is 0 Å². The molecular formula is C17H27N3O3. The predicted molar refractivity (Wildman–Crippen MR) is 87.1 cm³/mol. The summed E-state index contributed by atoms with van der Waals surface area (Å²) in [6, 6.07) is 1.97. The molecule has 1 aromatic heterocycles. The molecular weight excluding hydrogens is 294 g/mol. The molecule has 1 N–H and O–H groups in total. The summed E-state index contributed by atoms with van der Waals surface area (Å²) in [6.45, 7) is 3.54. The molecule has 128 valence electrons. The van der Waals surface area contributed by atoms with Gasteiger partial charge in [0, 0.05) is 45.8 Å². The Bertz CT molecular complexity index is 517. The highest BCUT2D eigenvalue weighted by molar-refractivity contribution is 5.73. The van der Waals surface area contributed by atoms with Gasteiger partial charge in [0.2, 0.25) is 0 Å². The van der Waals surface area contributed by atoms with Crippen LogP contribution < -0.4 is 5.32 Å². The van der Waals surface area contributed by atoms with E-state index in [2.05, 4.69) is 10.2 Å². The normalized spacial score (nSPS) is 28.2. The van der Waals surface area contributed by atoms with Crippen LogP contribution in [0.15, 0.2) is 23.0 Å². The number of hydrogen-bond acceptors (Lipinski definition) is 4. The van der Waals surface area contributed by atoms with Gasteiger partial charge in [-0.15, -0.1) is 0 Å². The van der Waals surface area contributed by atoms with Crippen LogP contribution >= 0.6 is 0 Å². The number of likely N-dealkylation sites (tertiary alicyclic amines) is 1. The van der Waals surface area contributed by atoms with Crippen molar-refractivity contribution < 1.29 is 13.9 Å². The molecule has 0 unspecified atom stereocenters. The van der Waals surface area contributed by atoms with E-state index >= 15 is 0 Å². The van der Waals surface area contributed by atoms with Crippen molar-refractivity contribution in [3.05, 3.63) is 24.2 Å². The van der Waals surface area contributed by atoms with Gasteiger partial charge in [0.05, 0.1) is 24.2 Å². The molecule has 3 heterocycles. The van der Waals surface area contributed by atoms with Crippen molar-refractivity contribution in [3.63, 3.8) is 0 Å². The minimum atomic E-state index is -0.0544. The number of carbonyl (C=O) groups excluding carboxylic acids is 1. The monoisotopic (exact) mass is 321 g/mol. The summed E-state index contributed by atoms with van der Waals surface area (Å²) in [5.74, 6) is 0. The number of rotatable bonds is 4. The Balaban J connectivity index is 1.50. The Morgan fingerprint density at radius 1 is 1.48 bits per heavy atom. The molecule has 23 heavy (non-hydrogen) atoms. The fourth-order valence-corrected chi connectivity index (χ4v) is 3.63. The SMILES string of the molecule is CN(C)C(=O)NC[C@H]1CCC[C@]2(CCN(Cc3ccoc3)C2)O1. The molecule has 3 rings (SSSR count). The van der Waals surface area contributed by atoms with Crippen LogP contribution in [0.1, 0.15) is 31.2 Å². The molecule has 6 heteroatoms. The third kappa shape index (κ3) is 4.06. The maximum absolute atomic E-state index is 11.7. The van der Waals surface area contributed by atoms with Gasteiger partial charge < -0.3 is 19.4 Å². The van der Waals surface area contributed by atoms with Gasteiger partial charge in [-0.3, -0.25) is 4.90 Å². The quantitative estimate of drug-likeness (QED) is 0.922. The number of ether oxygens (including phenoxy) is 1. The van der Waals surface area contributed by atoms with Gasteiger partial charge in [-0.25, -0.2) is 4.79 Å². The van der Waals surface area contributed by atoms with Crippen molar-refractivity contribution in [1.29, 1.82) is 0 Å². The van der Waals surface area contributed by atoms with Gasteiger partial charge in [0.25, 0.3) is 0 Å². The van der Waals surface area contributed by atoms with Gasteiger partial charge in [-0.1, -0.05) is 0 Å². The Hall–Kier alpha value is -1.53. The van der Waals surface area contributed by atoms with Gasteiger partial charge in [0.15, 0.2) is 0 Å². The van der Waals surface area contributed by atoms with Crippen LogP contribution in [0.4, 0.5) is 4.79 Å². The third-order valence-electron chi connectivity index (χ3n) is 4.84. The van der Waals surface area contributed by atoms with E-state index in [1.165, 1.54) is 12.0 Å². The number of furan rings is 1. The number of hydrogen-bond donors (Lipinski definition) is 1. The summed E-state index contributed by atoms with van der Waals surface area (Å²) < 4.78 is 11.6. The van der Waals surface area contributed by atoms with Gasteiger partial charge in [-0.2, -0.15) is 0 Å². The first-order valence-electron chi connectivity index (χ1n) is 8.43. The highest BCUT2D eigenvalue weighted by Gasteiger charge is 2.42. The van der Waals surface area contributed by atoms with Crippen LogP contribution in [0.5, 0.6) is 0 Å². The highest BCUT2D eigenvalue weighted by Crippen LogP contribution is 2.37. The third-order valence-corrected chi connectivity index (χ3v) is 4.84. The molecule has 0 aromatic carbocycles. The van der Waals surface area contributed by atoms with Gasteiger partial charge >= 0.3 is 6.03 Å². The highest BCUT2D eigenvalue weighted by atomic mass is 16.5. The first kappa shape index (κ1) is 16.3. The molecule has 0 saturated carbocycles. The summed E-state index contributed by atoms with van der Waals surface area (Å²) >= 11 is 0. The largest absolute Gasteiger partial charge is 0.472 e. The maximum Gasteiger partial charge on any atom is 0.316 e. The smallest absolute Gasteiger partial charge is 0.316 e. The molecule has 0 aliphatic carbocycles. The lowest BCUT2D eigenvalue weighted by molar-refractivity contribution is -0.118. The van der Waals surface area contributed by atoms with E-state index < -0.39 is 0 Å². The molecule has 6 nitrogen and oxygen atoms in total. The number of carbonyl (C=O) groups is 1. The van der Waals surface area contributed by atoms with Crippen LogP contribution in [0.3, 0.4) is 0 Å². The Labute approximate surface area is 137 Å². The lowest BCUT2D eigenvalue weighted by atomic mass is 9.90. The molecule has 0 bridgehead atoms. The van der Waals surface area contributed by atoms with Crippen LogP contribution in [-0.2, 0) is 11.3 Å². The molecule has 2 amide bonds. The predicted octanol–water partition coefficient (Wildman–Crippen LogP) is 2.06. The van der Waals surface area contributed by atoms with Crippen LogP contribution in [-0.4, -0.2) is 61.3 Å². The first-order valence-corrected chi connectivity index (χ1v) is 8.43. The fraction of sp³-hybridized carbons (Fsp3) is 0.706. The second kappa shape index (κ2) is 6.93. The van der Waals surface area contributed by atoms with E-state index in [9.17, 15) is 4.79 Å². The Morgan fingerprint density at radius 2 is 2.35 bits per heavy atom. The number of nitrogens with zero attached hydrogens (tertiary/aromatic N) is 2. The molecule has 1 spiro atoms. The topological polar surface area (TPSA) is 58.0 Å². The maximum atomic E-state index is 11.7. The zero-order valence-corrected chi connectivity index (χ0v) is 14.1. The van der Waals surface area contributed by atoms with Crippen molar-refractivity contribution in [1.82, 2.24) is 15.1 Å². The average molecular weight is 321 g/mol. The lowest BCUT2D eigenvalue weighted by Crippen LogP contribution is -2.48. The number of urea groups is 1. The van der Waals surface area contributed by atoms with Crippen LogP contribution in [0, 0.1) is 0 Å². The van der Waals surface area contributed by atoms with Crippen LogP contribution in [0.25, 0.3) is 0 Å². The van der Waals surface area contributed by atoms with E-state index in [1.54, 1.807) is 25.3 Å². The summed E-state index contributed by atoms with van der Waals surface area (Å²) in [6.07, 6.45) is 8.05. The van der Waals surface area contributed by atoms with Crippen molar-refractivity contribution in [2.75, 3.05) is 33.7 Å². The van der Waals surface area contributed by atoms with E-state index in [4.69, 9.17) is 9.15 Å². The molecule has 2 saturated heterocycles. The minimum absolute atomic E-state index is 0.0322. The van der Waals surface area contributed by atoms with E-state index in [1.807, 2.05) is 12.3 Å². The van der Waals surface area contributed by atoms with Crippen molar-refractivity contribution >= 4 is 6.03 Å². The summed E-state index contributed by atoms with van der Waals surface area (Å²) in [5.41, 5.74) is 1.18. The molecule has 1 aromatic rings. The molecule has 2 aliphatic heterocycles. The van der Waals surface area contributed by atoms with Crippen molar-refractivity contribution in [2.45, 2.75) is 43.9 Å². The fourth-order valence-electron chi connectivity index (χ4n) is 3.63. The summed E-state index contributed by atoms with van der Waals surface area (Å²) in [5, 5.41) is 2.94. The van der Waals surface area contributed by atoms with Gasteiger partial charge in [0.1, 0.15) is 0 Å². The molecule has 2 atom stereocenters. The van der Waals surface area contributed by atoms with E-state index in [0.29, 0.717) is 6.54 Å². The van der Waals surface area contributed by atoms with Crippen molar-refractivity contribution in [3.8, 4) is 0 Å². The molecule has 2 fully saturated rings.